The lowest BCUT2D eigenvalue weighted by molar-refractivity contribution is -0.144. The molecule has 0 aliphatic carbocycles. The van der Waals surface area contributed by atoms with Crippen molar-refractivity contribution in [3.8, 4) is 0 Å². The van der Waals surface area contributed by atoms with E-state index < -0.39 is 6.10 Å². The minimum atomic E-state index is -0.514. The van der Waals surface area contributed by atoms with Gasteiger partial charge < -0.3 is 19.5 Å². The van der Waals surface area contributed by atoms with Crippen molar-refractivity contribution in [1.82, 2.24) is 19.8 Å². The molecule has 0 spiro atoms. The number of nitrogens with one attached hydrogen (secondary N) is 1. The number of carbonyl (C=O) groups excluding carboxylic acids is 2. The lowest BCUT2D eigenvalue weighted by Gasteiger charge is -2.36. The van der Waals surface area contributed by atoms with Crippen LogP contribution in [-0.2, 0) is 16.1 Å². The Morgan fingerprint density at radius 2 is 1.79 bits per heavy atom. The second-order valence-electron chi connectivity index (χ2n) is 7.19. The van der Waals surface area contributed by atoms with E-state index in [4.69, 9.17) is 4.74 Å². The van der Waals surface area contributed by atoms with E-state index in [1.807, 2.05) is 42.5 Å². The SMILES string of the molecule is CC(OCc1ccccc1)C(=O)N1CCN(C(=O)c2ccc3nc[nH]c3c2)CC1. The summed E-state index contributed by atoms with van der Waals surface area (Å²) in [5.74, 6) is -0.0612. The molecule has 2 amide bonds. The first-order valence-electron chi connectivity index (χ1n) is 9.78. The predicted molar refractivity (Wildman–Crippen MR) is 109 cm³/mol. The van der Waals surface area contributed by atoms with E-state index in [9.17, 15) is 9.59 Å². The third kappa shape index (κ3) is 4.30. The monoisotopic (exact) mass is 392 g/mol. The number of aromatic amines is 1. The molecular formula is C22H24N4O3. The Labute approximate surface area is 169 Å². The lowest BCUT2D eigenvalue weighted by Crippen LogP contribution is -2.52. The molecule has 1 aromatic heterocycles. The smallest absolute Gasteiger partial charge is 0.254 e. The molecule has 1 fully saturated rings. The first-order valence-corrected chi connectivity index (χ1v) is 9.78. The van der Waals surface area contributed by atoms with Gasteiger partial charge in [-0.05, 0) is 30.7 Å². The highest BCUT2D eigenvalue weighted by atomic mass is 16.5. The van der Waals surface area contributed by atoms with Crippen molar-refractivity contribution >= 4 is 22.8 Å². The van der Waals surface area contributed by atoms with Crippen LogP contribution in [0.3, 0.4) is 0 Å². The van der Waals surface area contributed by atoms with Gasteiger partial charge in [0.1, 0.15) is 6.10 Å². The molecule has 2 heterocycles. The summed E-state index contributed by atoms with van der Waals surface area (Å²) in [4.78, 5) is 36.2. The standard InChI is InChI=1S/C22H24N4O3/c1-16(29-14-17-5-3-2-4-6-17)21(27)25-9-11-26(12-10-25)22(28)18-7-8-19-20(13-18)24-15-23-19/h2-8,13,15-16H,9-12,14H2,1H3,(H,23,24). The maximum atomic E-state index is 12.8. The minimum Gasteiger partial charge on any atom is -0.364 e. The molecule has 1 N–H and O–H groups in total. The number of aromatic nitrogens is 2. The number of hydrogen-bond acceptors (Lipinski definition) is 4. The Bertz CT molecular complexity index is 993. The fourth-order valence-corrected chi connectivity index (χ4v) is 3.50. The van der Waals surface area contributed by atoms with Crippen LogP contribution in [0.1, 0.15) is 22.8 Å². The number of H-pyrrole nitrogens is 1. The second kappa shape index (κ2) is 8.45. The number of benzene rings is 2. The quantitative estimate of drug-likeness (QED) is 0.723. The molecular weight excluding hydrogens is 368 g/mol. The Morgan fingerprint density at radius 3 is 2.55 bits per heavy atom. The summed E-state index contributed by atoms with van der Waals surface area (Å²) < 4.78 is 5.74. The topological polar surface area (TPSA) is 78.5 Å². The van der Waals surface area contributed by atoms with Gasteiger partial charge in [-0.15, -0.1) is 0 Å². The van der Waals surface area contributed by atoms with E-state index in [2.05, 4.69) is 9.97 Å². The summed E-state index contributed by atoms with van der Waals surface area (Å²) in [7, 11) is 0. The molecule has 29 heavy (non-hydrogen) atoms. The molecule has 1 atom stereocenters. The molecule has 2 aromatic carbocycles. The Balaban J connectivity index is 1.30. The van der Waals surface area contributed by atoms with Crippen LogP contribution in [0.2, 0.25) is 0 Å². The van der Waals surface area contributed by atoms with Crippen molar-refractivity contribution < 1.29 is 14.3 Å². The molecule has 1 aliphatic heterocycles. The van der Waals surface area contributed by atoms with Crippen LogP contribution in [0, 0.1) is 0 Å². The molecule has 150 valence electrons. The maximum absolute atomic E-state index is 12.8. The fraction of sp³-hybridized carbons (Fsp3) is 0.318. The molecule has 1 aliphatic rings. The Morgan fingerprint density at radius 1 is 1.07 bits per heavy atom. The van der Waals surface area contributed by atoms with Gasteiger partial charge in [0.2, 0.25) is 0 Å². The van der Waals surface area contributed by atoms with Crippen molar-refractivity contribution in [2.24, 2.45) is 0 Å². The van der Waals surface area contributed by atoms with E-state index in [1.54, 1.807) is 29.1 Å². The van der Waals surface area contributed by atoms with Crippen LogP contribution in [-0.4, -0.2) is 63.9 Å². The van der Waals surface area contributed by atoms with E-state index >= 15 is 0 Å². The van der Waals surface area contributed by atoms with Gasteiger partial charge in [-0.2, -0.15) is 0 Å². The van der Waals surface area contributed by atoms with Crippen LogP contribution in [0.25, 0.3) is 11.0 Å². The third-order valence-corrected chi connectivity index (χ3v) is 5.24. The molecule has 3 aromatic rings. The predicted octanol–water partition coefficient (Wildman–Crippen LogP) is 2.45. The average Bonchev–Trinajstić information content (AvgIpc) is 3.25. The highest BCUT2D eigenvalue weighted by Gasteiger charge is 2.28. The van der Waals surface area contributed by atoms with E-state index in [-0.39, 0.29) is 11.8 Å². The molecule has 0 radical (unpaired) electrons. The largest absolute Gasteiger partial charge is 0.364 e. The van der Waals surface area contributed by atoms with Crippen LogP contribution in [0.5, 0.6) is 0 Å². The Hall–Kier alpha value is -3.19. The molecule has 1 unspecified atom stereocenters. The van der Waals surface area contributed by atoms with Crippen LogP contribution >= 0.6 is 0 Å². The van der Waals surface area contributed by atoms with Crippen LogP contribution < -0.4 is 0 Å². The zero-order valence-corrected chi connectivity index (χ0v) is 16.4. The first kappa shape index (κ1) is 19.1. The van der Waals surface area contributed by atoms with Crippen molar-refractivity contribution in [3.05, 3.63) is 66.0 Å². The van der Waals surface area contributed by atoms with Crippen molar-refractivity contribution in [2.45, 2.75) is 19.6 Å². The number of rotatable bonds is 5. The van der Waals surface area contributed by atoms with E-state index in [0.29, 0.717) is 38.3 Å². The summed E-state index contributed by atoms with van der Waals surface area (Å²) in [5.41, 5.74) is 3.34. The molecule has 7 nitrogen and oxygen atoms in total. The van der Waals surface area contributed by atoms with Crippen molar-refractivity contribution in [2.75, 3.05) is 26.2 Å². The summed E-state index contributed by atoms with van der Waals surface area (Å²) in [6.07, 6.45) is 1.10. The summed E-state index contributed by atoms with van der Waals surface area (Å²) in [6, 6.07) is 15.3. The number of ether oxygens (including phenoxy) is 1. The van der Waals surface area contributed by atoms with Gasteiger partial charge in [-0.25, -0.2) is 4.98 Å². The third-order valence-electron chi connectivity index (χ3n) is 5.24. The highest BCUT2D eigenvalue weighted by Crippen LogP contribution is 2.15. The summed E-state index contributed by atoms with van der Waals surface area (Å²) >= 11 is 0. The first-order chi connectivity index (χ1) is 14.1. The fourth-order valence-electron chi connectivity index (χ4n) is 3.50. The summed E-state index contributed by atoms with van der Waals surface area (Å²) in [6.45, 7) is 4.23. The van der Waals surface area contributed by atoms with Crippen LogP contribution in [0.15, 0.2) is 54.9 Å². The van der Waals surface area contributed by atoms with Gasteiger partial charge in [-0.1, -0.05) is 30.3 Å². The van der Waals surface area contributed by atoms with Crippen molar-refractivity contribution in [3.63, 3.8) is 0 Å². The van der Waals surface area contributed by atoms with Gasteiger partial charge in [0.25, 0.3) is 11.8 Å². The Kier molecular flexibility index (Phi) is 5.57. The highest BCUT2D eigenvalue weighted by molar-refractivity contribution is 5.97. The summed E-state index contributed by atoms with van der Waals surface area (Å²) in [5, 5.41) is 0. The number of nitrogens with zero attached hydrogens (tertiary/aromatic N) is 3. The second-order valence-corrected chi connectivity index (χ2v) is 7.19. The van der Waals surface area contributed by atoms with E-state index in [0.717, 1.165) is 16.6 Å². The molecule has 0 bridgehead atoms. The van der Waals surface area contributed by atoms with Gasteiger partial charge >= 0.3 is 0 Å². The zero-order valence-electron chi connectivity index (χ0n) is 16.4. The zero-order chi connectivity index (χ0) is 20.2. The van der Waals surface area contributed by atoms with Crippen LogP contribution in [0.4, 0.5) is 0 Å². The molecule has 4 rings (SSSR count). The van der Waals surface area contributed by atoms with Gasteiger partial charge in [-0.3, -0.25) is 9.59 Å². The number of imidazole rings is 1. The van der Waals surface area contributed by atoms with Gasteiger partial charge in [0.15, 0.2) is 0 Å². The number of hydrogen-bond donors (Lipinski definition) is 1. The number of fused-ring (bicyclic) bond motifs is 1. The molecule has 7 heteroatoms. The maximum Gasteiger partial charge on any atom is 0.254 e. The minimum absolute atomic E-state index is 0.0259. The van der Waals surface area contributed by atoms with Crippen molar-refractivity contribution in [1.29, 1.82) is 0 Å². The number of amides is 2. The number of carbonyl (C=O) groups is 2. The van der Waals surface area contributed by atoms with Gasteiger partial charge in [0.05, 0.1) is 24.0 Å². The van der Waals surface area contributed by atoms with Gasteiger partial charge in [0, 0.05) is 31.7 Å². The lowest BCUT2D eigenvalue weighted by atomic mass is 10.1. The average molecular weight is 392 g/mol. The normalized spacial score (nSPS) is 15.5. The number of piperazine rings is 1. The van der Waals surface area contributed by atoms with E-state index in [1.165, 1.54) is 0 Å². The molecule has 1 saturated heterocycles. The molecule has 0 saturated carbocycles.